The molecule has 1 fully saturated rings. The Bertz CT molecular complexity index is 1460. The molecule has 0 saturated carbocycles. The summed E-state index contributed by atoms with van der Waals surface area (Å²) in [7, 11) is 1.67. The van der Waals surface area contributed by atoms with Gasteiger partial charge in [-0.2, -0.15) is 4.98 Å². The van der Waals surface area contributed by atoms with Crippen molar-refractivity contribution in [3.63, 3.8) is 0 Å². The SMILES string of the molecule is COc1ccc(CCN2CCN(c3ccnc(-n4ccnc4)n3)CC2C(=O)NCCc2ccc3c(c2)OCO3)cc1. The van der Waals surface area contributed by atoms with Crippen LogP contribution in [0.15, 0.2) is 73.4 Å². The third-order valence-corrected chi connectivity index (χ3v) is 7.48. The Morgan fingerprint density at radius 2 is 1.88 bits per heavy atom. The lowest BCUT2D eigenvalue weighted by Crippen LogP contribution is -2.59. The molecule has 0 aliphatic carbocycles. The molecule has 2 aliphatic heterocycles. The van der Waals surface area contributed by atoms with Gasteiger partial charge in [0, 0.05) is 51.3 Å². The minimum Gasteiger partial charge on any atom is -0.497 e. The lowest BCUT2D eigenvalue weighted by Gasteiger charge is -2.41. The number of fused-ring (bicyclic) bond motifs is 1. The van der Waals surface area contributed by atoms with E-state index < -0.39 is 0 Å². The van der Waals surface area contributed by atoms with Crippen molar-refractivity contribution < 1.29 is 19.0 Å². The maximum Gasteiger partial charge on any atom is 0.239 e. The van der Waals surface area contributed by atoms with Crippen LogP contribution >= 0.6 is 0 Å². The van der Waals surface area contributed by atoms with E-state index in [1.807, 2.05) is 42.6 Å². The van der Waals surface area contributed by atoms with Crippen molar-refractivity contribution in [2.24, 2.45) is 0 Å². The maximum atomic E-state index is 13.6. The number of piperazine rings is 1. The number of ether oxygens (including phenoxy) is 3. The zero-order chi connectivity index (χ0) is 28.0. The highest BCUT2D eigenvalue weighted by molar-refractivity contribution is 5.82. The van der Waals surface area contributed by atoms with E-state index in [9.17, 15) is 4.79 Å². The Balaban J connectivity index is 1.14. The van der Waals surface area contributed by atoms with Crippen LogP contribution in [0, 0.1) is 0 Å². The average Bonchev–Trinajstić information content (AvgIpc) is 3.73. The van der Waals surface area contributed by atoms with Crippen LogP contribution in [0.25, 0.3) is 5.95 Å². The van der Waals surface area contributed by atoms with Gasteiger partial charge < -0.3 is 24.4 Å². The van der Waals surface area contributed by atoms with E-state index in [-0.39, 0.29) is 18.7 Å². The Labute approximate surface area is 238 Å². The van der Waals surface area contributed by atoms with Gasteiger partial charge in [0.15, 0.2) is 11.5 Å². The third kappa shape index (κ3) is 6.25. The number of nitrogens with zero attached hydrogens (tertiary/aromatic N) is 6. The van der Waals surface area contributed by atoms with Gasteiger partial charge in [-0.25, -0.2) is 9.97 Å². The zero-order valence-corrected chi connectivity index (χ0v) is 23.0. The summed E-state index contributed by atoms with van der Waals surface area (Å²) >= 11 is 0. The summed E-state index contributed by atoms with van der Waals surface area (Å²) in [6.07, 6.45) is 8.46. The van der Waals surface area contributed by atoms with Crippen LogP contribution in [0.1, 0.15) is 11.1 Å². The van der Waals surface area contributed by atoms with Gasteiger partial charge in [0.25, 0.3) is 0 Å². The second-order valence-electron chi connectivity index (χ2n) is 10.0. The molecule has 1 saturated heterocycles. The Hall–Kier alpha value is -4.64. The van der Waals surface area contributed by atoms with Gasteiger partial charge in [0.05, 0.1) is 7.11 Å². The minimum atomic E-state index is -0.328. The fourth-order valence-corrected chi connectivity index (χ4v) is 5.17. The number of amides is 1. The number of benzene rings is 2. The van der Waals surface area contributed by atoms with Gasteiger partial charge in [-0.3, -0.25) is 14.3 Å². The number of aromatic nitrogens is 4. The number of carbonyl (C=O) groups excluding carboxylic acids is 1. The quantitative estimate of drug-likeness (QED) is 0.316. The van der Waals surface area contributed by atoms with Gasteiger partial charge in [-0.15, -0.1) is 0 Å². The fourth-order valence-electron chi connectivity index (χ4n) is 5.17. The number of imidazole rings is 1. The largest absolute Gasteiger partial charge is 0.497 e. The summed E-state index contributed by atoms with van der Waals surface area (Å²) < 4.78 is 18.0. The maximum absolute atomic E-state index is 13.6. The first-order valence-electron chi connectivity index (χ1n) is 13.8. The van der Waals surface area contributed by atoms with Gasteiger partial charge in [-0.1, -0.05) is 18.2 Å². The number of hydrogen-bond acceptors (Lipinski definition) is 9. The Morgan fingerprint density at radius 1 is 1.02 bits per heavy atom. The average molecular weight is 556 g/mol. The lowest BCUT2D eigenvalue weighted by molar-refractivity contribution is -0.126. The highest BCUT2D eigenvalue weighted by atomic mass is 16.7. The highest BCUT2D eigenvalue weighted by Gasteiger charge is 2.33. The van der Waals surface area contributed by atoms with E-state index in [4.69, 9.17) is 19.2 Å². The van der Waals surface area contributed by atoms with E-state index in [2.05, 4.69) is 37.2 Å². The van der Waals surface area contributed by atoms with Gasteiger partial charge >= 0.3 is 0 Å². The Morgan fingerprint density at radius 3 is 2.71 bits per heavy atom. The number of nitrogens with one attached hydrogen (secondary N) is 1. The fraction of sp³-hybridized carbons (Fsp3) is 0.333. The van der Waals surface area contributed by atoms with Crippen molar-refractivity contribution in [3.8, 4) is 23.2 Å². The number of carbonyl (C=O) groups is 1. The van der Waals surface area contributed by atoms with Crippen molar-refractivity contribution in [2.75, 3.05) is 51.5 Å². The number of rotatable bonds is 10. The highest BCUT2D eigenvalue weighted by Crippen LogP contribution is 2.32. The second kappa shape index (κ2) is 12.3. The molecule has 1 atom stereocenters. The molecular weight excluding hydrogens is 522 g/mol. The summed E-state index contributed by atoms with van der Waals surface area (Å²) in [5, 5.41) is 3.18. The number of methoxy groups -OCH3 is 1. The molecule has 11 nitrogen and oxygen atoms in total. The lowest BCUT2D eigenvalue weighted by atomic mass is 10.1. The summed E-state index contributed by atoms with van der Waals surface area (Å²) in [5.74, 6) is 3.69. The number of hydrogen-bond donors (Lipinski definition) is 1. The summed E-state index contributed by atoms with van der Waals surface area (Å²) in [5.41, 5.74) is 2.29. The molecule has 4 heterocycles. The molecule has 2 aromatic heterocycles. The molecule has 41 heavy (non-hydrogen) atoms. The van der Waals surface area contributed by atoms with Gasteiger partial charge in [0.2, 0.25) is 18.6 Å². The first kappa shape index (κ1) is 26.6. The molecule has 1 N–H and O–H groups in total. The summed E-state index contributed by atoms with van der Waals surface area (Å²) in [6.45, 7) is 3.56. The third-order valence-electron chi connectivity index (χ3n) is 7.48. The predicted octanol–water partition coefficient (Wildman–Crippen LogP) is 2.49. The van der Waals surface area contributed by atoms with Crippen LogP contribution < -0.4 is 24.4 Å². The van der Waals surface area contributed by atoms with Gasteiger partial charge in [0.1, 0.15) is 23.9 Å². The summed E-state index contributed by atoms with van der Waals surface area (Å²) in [6, 6.07) is 15.6. The topological polar surface area (TPSA) is 107 Å². The molecule has 6 rings (SSSR count). The predicted molar refractivity (Wildman–Crippen MR) is 153 cm³/mol. The Kier molecular flexibility index (Phi) is 7.94. The molecule has 0 bridgehead atoms. The van der Waals surface area contributed by atoms with Crippen LogP contribution in [0.2, 0.25) is 0 Å². The van der Waals surface area contributed by atoms with E-state index >= 15 is 0 Å². The molecule has 2 aromatic carbocycles. The van der Waals surface area contributed by atoms with Crippen LogP contribution in [0.5, 0.6) is 17.2 Å². The van der Waals surface area contributed by atoms with Crippen LogP contribution in [-0.2, 0) is 17.6 Å². The molecular formula is C30H33N7O4. The van der Waals surface area contributed by atoms with E-state index in [0.29, 0.717) is 25.5 Å². The minimum absolute atomic E-state index is 0.00839. The van der Waals surface area contributed by atoms with Crippen LogP contribution in [0.4, 0.5) is 5.82 Å². The second-order valence-corrected chi connectivity index (χ2v) is 10.0. The summed E-state index contributed by atoms with van der Waals surface area (Å²) in [4.78, 5) is 31.3. The van der Waals surface area contributed by atoms with Crippen molar-refractivity contribution in [1.82, 2.24) is 29.7 Å². The molecule has 4 aromatic rings. The van der Waals surface area contributed by atoms with Gasteiger partial charge in [-0.05, 0) is 54.3 Å². The first-order valence-corrected chi connectivity index (χ1v) is 13.8. The normalized spacial score (nSPS) is 16.5. The first-order chi connectivity index (χ1) is 20.2. The zero-order valence-electron chi connectivity index (χ0n) is 23.0. The van der Waals surface area contributed by atoms with Crippen molar-refractivity contribution in [1.29, 1.82) is 0 Å². The van der Waals surface area contributed by atoms with Crippen LogP contribution in [-0.4, -0.2) is 83.0 Å². The number of anilines is 1. The molecule has 1 amide bonds. The van der Waals surface area contributed by atoms with E-state index in [1.54, 1.807) is 30.4 Å². The monoisotopic (exact) mass is 555 g/mol. The van der Waals surface area contributed by atoms with Crippen molar-refractivity contribution >= 4 is 11.7 Å². The smallest absolute Gasteiger partial charge is 0.239 e. The molecule has 0 radical (unpaired) electrons. The molecule has 1 unspecified atom stereocenters. The molecule has 2 aliphatic rings. The standard InChI is InChI=1S/C30H33N7O4/c1-39-24-5-2-22(3-6-24)10-14-35-16-17-36(28-9-12-33-30(34-28)37-15-13-31-20-37)19-25(35)29(38)32-11-8-23-4-7-26-27(18-23)41-21-40-26/h2-7,9,12-13,15,18,20,25H,8,10-11,14,16-17,19,21H2,1H3,(H,32,38). The van der Waals surface area contributed by atoms with Crippen molar-refractivity contribution in [3.05, 3.63) is 84.6 Å². The molecule has 11 heteroatoms. The van der Waals surface area contributed by atoms with E-state index in [1.165, 1.54) is 5.56 Å². The molecule has 212 valence electrons. The van der Waals surface area contributed by atoms with E-state index in [0.717, 1.165) is 54.7 Å². The van der Waals surface area contributed by atoms with Crippen LogP contribution in [0.3, 0.4) is 0 Å². The molecule has 0 spiro atoms. The van der Waals surface area contributed by atoms with Crippen molar-refractivity contribution in [2.45, 2.75) is 18.9 Å².